The molecule has 21 heavy (non-hydrogen) atoms. The third-order valence-electron chi connectivity index (χ3n) is 3.90. The van der Waals surface area contributed by atoms with Crippen LogP contribution in [0, 0.1) is 0 Å². The van der Waals surface area contributed by atoms with E-state index in [-0.39, 0.29) is 0 Å². The highest BCUT2D eigenvalue weighted by atomic mass is 16.5. The monoisotopic (exact) mass is 294 g/mol. The molecule has 1 N–H and O–H groups in total. The predicted octanol–water partition coefficient (Wildman–Crippen LogP) is 3.09. The van der Waals surface area contributed by atoms with E-state index in [0.29, 0.717) is 6.04 Å². The van der Waals surface area contributed by atoms with Crippen molar-refractivity contribution >= 4 is 0 Å². The van der Waals surface area contributed by atoms with Crippen molar-refractivity contribution in [2.45, 2.75) is 33.2 Å². The van der Waals surface area contributed by atoms with Gasteiger partial charge in [-0.15, -0.1) is 0 Å². The van der Waals surface area contributed by atoms with E-state index >= 15 is 0 Å². The van der Waals surface area contributed by atoms with Crippen molar-refractivity contribution in [1.82, 2.24) is 10.2 Å². The topological polar surface area (TPSA) is 33.7 Å². The minimum Gasteiger partial charge on any atom is -0.497 e. The standard InChI is InChI=1S/C17H30N2O2/c1-6-18-16(11-12-19(7-2)8-3)15-10-9-14(20-4)13-17(15)21-5/h9-10,13,16,18H,6-8,11-12H2,1-5H3. The molecule has 0 aliphatic rings. The number of hydrogen-bond donors (Lipinski definition) is 1. The lowest BCUT2D eigenvalue weighted by Gasteiger charge is -2.25. The van der Waals surface area contributed by atoms with Gasteiger partial charge in [-0.3, -0.25) is 0 Å². The number of nitrogens with zero attached hydrogens (tertiary/aromatic N) is 1. The maximum Gasteiger partial charge on any atom is 0.127 e. The Labute approximate surface area is 129 Å². The minimum absolute atomic E-state index is 0.302. The summed E-state index contributed by atoms with van der Waals surface area (Å²) in [6.45, 7) is 10.8. The summed E-state index contributed by atoms with van der Waals surface area (Å²) in [6, 6.07) is 6.36. The first-order chi connectivity index (χ1) is 10.2. The van der Waals surface area contributed by atoms with Gasteiger partial charge in [-0.1, -0.05) is 26.8 Å². The van der Waals surface area contributed by atoms with Crippen molar-refractivity contribution in [3.63, 3.8) is 0 Å². The van der Waals surface area contributed by atoms with Gasteiger partial charge in [-0.05, 0) is 38.7 Å². The number of rotatable bonds is 10. The van der Waals surface area contributed by atoms with Crippen LogP contribution in [0.3, 0.4) is 0 Å². The Morgan fingerprint density at radius 1 is 1.10 bits per heavy atom. The normalized spacial score (nSPS) is 12.5. The first-order valence-corrected chi connectivity index (χ1v) is 7.87. The predicted molar refractivity (Wildman–Crippen MR) is 88.4 cm³/mol. The summed E-state index contributed by atoms with van der Waals surface area (Å²) in [4.78, 5) is 2.44. The molecule has 0 heterocycles. The SMILES string of the molecule is CCNC(CCN(CC)CC)c1ccc(OC)cc1OC. The molecular weight excluding hydrogens is 264 g/mol. The first-order valence-electron chi connectivity index (χ1n) is 7.87. The summed E-state index contributed by atoms with van der Waals surface area (Å²) in [7, 11) is 3.39. The van der Waals surface area contributed by atoms with Gasteiger partial charge in [0.05, 0.1) is 14.2 Å². The average molecular weight is 294 g/mol. The van der Waals surface area contributed by atoms with Crippen LogP contribution in [0.1, 0.15) is 38.8 Å². The molecule has 0 saturated heterocycles. The van der Waals surface area contributed by atoms with Crippen molar-refractivity contribution in [2.75, 3.05) is 40.4 Å². The summed E-state index contributed by atoms with van der Waals surface area (Å²) < 4.78 is 10.8. The molecule has 4 heteroatoms. The molecule has 0 bridgehead atoms. The fourth-order valence-corrected chi connectivity index (χ4v) is 2.57. The zero-order valence-electron chi connectivity index (χ0n) is 14.1. The van der Waals surface area contributed by atoms with Crippen LogP contribution in [0.4, 0.5) is 0 Å². The van der Waals surface area contributed by atoms with Gasteiger partial charge in [0.25, 0.3) is 0 Å². The van der Waals surface area contributed by atoms with Crippen LogP contribution >= 0.6 is 0 Å². The number of ether oxygens (including phenoxy) is 2. The Morgan fingerprint density at radius 2 is 1.81 bits per heavy atom. The van der Waals surface area contributed by atoms with Crippen molar-refractivity contribution < 1.29 is 9.47 Å². The van der Waals surface area contributed by atoms with Crippen LogP contribution in [-0.4, -0.2) is 45.3 Å². The largest absolute Gasteiger partial charge is 0.497 e. The summed E-state index contributed by atoms with van der Waals surface area (Å²) in [6.07, 6.45) is 1.07. The molecule has 0 aliphatic carbocycles. The number of nitrogens with one attached hydrogen (secondary N) is 1. The van der Waals surface area contributed by atoms with Crippen LogP contribution in [0.25, 0.3) is 0 Å². The van der Waals surface area contributed by atoms with E-state index in [1.54, 1.807) is 14.2 Å². The Bertz CT molecular complexity index is 406. The van der Waals surface area contributed by atoms with Crippen LogP contribution < -0.4 is 14.8 Å². The van der Waals surface area contributed by atoms with Gasteiger partial charge in [0.15, 0.2) is 0 Å². The van der Waals surface area contributed by atoms with Crippen molar-refractivity contribution in [3.05, 3.63) is 23.8 Å². The number of benzene rings is 1. The van der Waals surface area contributed by atoms with Crippen molar-refractivity contribution in [1.29, 1.82) is 0 Å². The summed E-state index contributed by atoms with van der Waals surface area (Å²) >= 11 is 0. The van der Waals surface area contributed by atoms with Gasteiger partial charge in [0.1, 0.15) is 11.5 Å². The fourth-order valence-electron chi connectivity index (χ4n) is 2.57. The second-order valence-electron chi connectivity index (χ2n) is 5.03. The van der Waals surface area contributed by atoms with Gasteiger partial charge >= 0.3 is 0 Å². The molecule has 0 fully saturated rings. The Morgan fingerprint density at radius 3 is 2.33 bits per heavy atom. The quantitative estimate of drug-likeness (QED) is 0.719. The molecule has 1 aromatic rings. The van der Waals surface area contributed by atoms with Crippen LogP contribution in [-0.2, 0) is 0 Å². The molecule has 0 saturated carbocycles. The van der Waals surface area contributed by atoms with Gasteiger partial charge < -0.3 is 19.7 Å². The highest BCUT2D eigenvalue weighted by Crippen LogP contribution is 2.31. The lowest BCUT2D eigenvalue weighted by atomic mass is 10.0. The van der Waals surface area contributed by atoms with E-state index in [0.717, 1.165) is 44.1 Å². The molecule has 0 spiro atoms. The van der Waals surface area contributed by atoms with Gasteiger partial charge in [0, 0.05) is 17.7 Å². The van der Waals surface area contributed by atoms with Gasteiger partial charge in [-0.25, -0.2) is 0 Å². The van der Waals surface area contributed by atoms with Crippen molar-refractivity contribution in [3.8, 4) is 11.5 Å². The second kappa shape index (κ2) is 9.64. The third-order valence-corrected chi connectivity index (χ3v) is 3.90. The molecule has 1 aromatic carbocycles. The molecule has 1 rings (SSSR count). The molecule has 120 valence electrons. The highest BCUT2D eigenvalue weighted by molar-refractivity contribution is 5.42. The molecule has 1 unspecified atom stereocenters. The highest BCUT2D eigenvalue weighted by Gasteiger charge is 2.16. The van der Waals surface area contributed by atoms with E-state index in [9.17, 15) is 0 Å². The average Bonchev–Trinajstić information content (AvgIpc) is 2.54. The molecule has 4 nitrogen and oxygen atoms in total. The maximum atomic E-state index is 5.54. The summed E-state index contributed by atoms with van der Waals surface area (Å²) in [5, 5.41) is 3.57. The molecule has 0 aliphatic heterocycles. The Hall–Kier alpha value is -1.26. The van der Waals surface area contributed by atoms with E-state index in [2.05, 4.69) is 37.1 Å². The Balaban J connectivity index is 2.88. The van der Waals surface area contributed by atoms with Gasteiger partial charge in [-0.2, -0.15) is 0 Å². The fraction of sp³-hybridized carbons (Fsp3) is 0.647. The first kappa shape index (κ1) is 17.8. The molecule has 0 aromatic heterocycles. The lowest BCUT2D eigenvalue weighted by molar-refractivity contribution is 0.280. The molecule has 0 amide bonds. The van der Waals surface area contributed by atoms with E-state index in [4.69, 9.17) is 9.47 Å². The van der Waals surface area contributed by atoms with E-state index < -0.39 is 0 Å². The van der Waals surface area contributed by atoms with Crippen molar-refractivity contribution in [2.24, 2.45) is 0 Å². The molecular formula is C17H30N2O2. The maximum absolute atomic E-state index is 5.54. The van der Waals surface area contributed by atoms with Gasteiger partial charge in [0.2, 0.25) is 0 Å². The minimum atomic E-state index is 0.302. The van der Waals surface area contributed by atoms with Crippen LogP contribution in [0.2, 0.25) is 0 Å². The number of methoxy groups -OCH3 is 2. The van der Waals surface area contributed by atoms with Crippen LogP contribution in [0.5, 0.6) is 11.5 Å². The number of hydrogen-bond acceptors (Lipinski definition) is 4. The molecule has 1 atom stereocenters. The van der Waals surface area contributed by atoms with E-state index in [1.807, 2.05) is 12.1 Å². The Kier molecular flexibility index (Phi) is 8.16. The summed E-state index contributed by atoms with van der Waals surface area (Å²) in [5.41, 5.74) is 1.20. The zero-order chi connectivity index (χ0) is 15.7. The molecule has 0 radical (unpaired) electrons. The lowest BCUT2D eigenvalue weighted by Crippen LogP contribution is -2.29. The third kappa shape index (κ3) is 5.21. The second-order valence-corrected chi connectivity index (χ2v) is 5.03. The smallest absolute Gasteiger partial charge is 0.127 e. The zero-order valence-corrected chi connectivity index (χ0v) is 14.1. The summed E-state index contributed by atoms with van der Waals surface area (Å²) in [5.74, 6) is 1.72. The van der Waals surface area contributed by atoms with Crippen LogP contribution in [0.15, 0.2) is 18.2 Å². The van der Waals surface area contributed by atoms with E-state index in [1.165, 1.54) is 5.56 Å².